The molecule has 0 spiro atoms. The van der Waals surface area contributed by atoms with E-state index in [1.165, 1.54) is 24.7 Å². The van der Waals surface area contributed by atoms with Gasteiger partial charge in [0, 0.05) is 48.3 Å². The molecule has 13 nitrogen and oxygen atoms in total. The van der Waals surface area contributed by atoms with Crippen LogP contribution in [0.3, 0.4) is 0 Å². The number of imidazole rings is 1. The molecule has 230 valence electrons. The summed E-state index contributed by atoms with van der Waals surface area (Å²) in [6.07, 6.45) is 6.25. The number of hydrogen-bond acceptors (Lipinski definition) is 7. The summed E-state index contributed by atoms with van der Waals surface area (Å²) in [4.78, 5) is 62.5. The number of H-pyrrole nitrogens is 2. The quantitative estimate of drug-likeness (QED) is 0.110. The molecule has 44 heavy (non-hydrogen) atoms. The molecule has 0 bridgehead atoms. The smallest absolute Gasteiger partial charge is 0.326 e. The Kier molecular flexibility index (Phi) is 9.55. The zero-order valence-corrected chi connectivity index (χ0v) is 23.9. The number of carboxylic acids is 1. The number of nitrogens with one attached hydrogen (secondary N) is 6. The zero-order valence-electron chi connectivity index (χ0n) is 23.9. The van der Waals surface area contributed by atoms with Crippen LogP contribution >= 0.6 is 0 Å². The first-order valence-corrected chi connectivity index (χ1v) is 14.4. The fourth-order valence-electron chi connectivity index (χ4n) is 5.35. The number of phenols is 1. The van der Waals surface area contributed by atoms with E-state index >= 15 is 0 Å². The summed E-state index contributed by atoms with van der Waals surface area (Å²) < 4.78 is 0. The second-order valence-electron chi connectivity index (χ2n) is 10.9. The number of aromatic hydroxyl groups is 1. The van der Waals surface area contributed by atoms with Gasteiger partial charge in [0.05, 0.1) is 12.4 Å². The molecule has 8 N–H and O–H groups in total. The van der Waals surface area contributed by atoms with Crippen LogP contribution in [0.15, 0.2) is 67.3 Å². The van der Waals surface area contributed by atoms with Crippen LogP contribution in [-0.2, 0) is 38.4 Å². The molecule has 0 saturated carbocycles. The molecule has 2 aromatic heterocycles. The normalized spacial score (nSPS) is 16.6. The molecule has 1 aliphatic heterocycles. The summed E-state index contributed by atoms with van der Waals surface area (Å²) >= 11 is 0. The predicted octanol–water partition coefficient (Wildman–Crippen LogP) is 0.916. The minimum atomic E-state index is -1.27. The molecule has 3 heterocycles. The monoisotopic (exact) mass is 601 g/mol. The van der Waals surface area contributed by atoms with Crippen molar-refractivity contribution in [2.45, 2.75) is 56.3 Å². The van der Waals surface area contributed by atoms with Crippen molar-refractivity contribution in [3.63, 3.8) is 0 Å². The van der Waals surface area contributed by atoms with E-state index in [1.54, 1.807) is 18.3 Å². The summed E-state index contributed by atoms with van der Waals surface area (Å²) in [5.74, 6) is -2.82. The molecule has 4 aromatic rings. The standard InChI is InChI=1S/C31H35N7O6/c39-21-9-7-18(8-10-21)12-25(36-28(40)24-6-3-11-33-24)29(41)37-26(14-20-16-32-17-35-20)30(42)38-27(31(43)44)13-19-15-34-23-5-2-1-4-22(19)23/h1-2,4-5,7-10,15-17,24-27,33-34,39H,3,6,11-14H2,(H,32,35)(H,36,40)(H,37,41)(H,38,42)(H,43,44). The van der Waals surface area contributed by atoms with E-state index < -0.39 is 42.0 Å². The lowest BCUT2D eigenvalue weighted by molar-refractivity contribution is -0.142. The van der Waals surface area contributed by atoms with E-state index in [9.17, 15) is 29.4 Å². The maximum Gasteiger partial charge on any atom is 0.326 e. The average Bonchev–Trinajstić information content (AvgIpc) is 3.80. The third-order valence-electron chi connectivity index (χ3n) is 7.71. The Morgan fingerprint density at radius 3 is 2.30 bits per heavy atom. The first-order valence-electron chi connectivity index (χ1n) is 14.4. The largest absolute Gasteiger partial charge is 0.508 e. The van der Waals surface area contributed by atoms with Crippen molar-refractivity contribution < 1.29 is 29.4 Å². The van der Waals surface area contributed by atoms with Crippen LogP contribution in [0.4, 0.5) is 0 Å². The first-order chi connectivity index (χ1) is 21.3. The SMILES string of the molecule is O=C(O)C(Cc1c[nH]c2ccccc12)NC(=O)C(Cc1cnc[nH]1)NC(=O)C(Cc1ccc(O)cc1)NC(=O)C1CCCN1. The van der Waals surface area contributed by atoms with Crippen molar-refractivity contribution in [2.75, 3.05) is 6.54 Å². The van der Waals surface area contributed by atoms with Crippen molar-refractivity contribution in [3.05, 3.63) is 84.1 Å². The van der Waals surface area contributed by atoms with Gasteiger partial charge in [-0.3, -0.25) is 14.4 Å². The van der Waals surface area contributed by atoms with Gasteiger partial charge < -0.3 is 41.4 Å². The molecule has 5 rings (SSSR count). The van der Waals surface area contributed by atoms with Crippen LogP contribution in [0, 0.1) is 0 Å². The van der Waals surface area contributed by atoms with E-state index in [4.69, 9.17) is 0 Å². The van der Waals surface area contributed by atoms with Crippen molar-refractivity contribution in [2.24, 2.45) is 0 Å². The average molecular weight is 602 g/mol. The highest BCUT2D eigenvalue weighted by molar-refractivity contribution is 5.94. The Morgan fingerprint density at radius 2 is 1.61 bits per heavy atom. The topological polar surface area (TPSA) is 201 Å². The number of nitrogens with zero attached hydrogens (tertiary/aromatic N) is 1. The Balaban J connectivity index is 1.34. The summed E-state index contributed by atoms with van der Waals surface area (Å²) in [5, 5.41) is 31.8. The third-order valence-corrected chi connectivity index (χ3v) is 7.71. The number of aliphatic carboxylic acids is 1. The fraction of sp³-hybridized carbons (Fsp3) is 0.323. The van der Waals surface area contributed by atoms with Crippen LogP contribution in [0.25, 0.3) is 10.9 Å². The van der Waals surface area contributed by atoms with Gasteiger partial charge in [-0.05, 0) is 48.7 Å². The highest BCUT2D eigenvalue weighted by atomic mass is 16.4. The van der Waals surface area contributed by atoms with Crippen LogP contribution < -0.4 is 21.3 Å². The number of aromatic amines is 2. The highest BCUT2D eigenvalue weighted by Gasteiger charge is 2.32. The summed E-state index contributed by atoms with van der Waals surface area (Å²) in [6.45, 7) is 0.697. The van der Waals surface area contributed by atoms with Gasteiger partial charge in [-0.15, -0.1) is 0 Å². The van der Waals surface area contributed by atoms with E-state index in [2.05, 4.69) is 36.2 Å². The van der Waals surface area contributed by atoms with Gasteiger partial charge in [-0.2, -0.15) is 0 Å². The lowest BCUT2D eigenvalue weighted by Gasteiger charge is -2.25. The van der Waals surface area contributed by atoms with Crippen LogP contribution in [0.2, 0.25) is 0 Å². The second kappa shape index (κ2) is 13.9. The van der Waals surface area contributed by atoms with E-state index in [1.807, 2.05) is 24.3 Å². The lowest BCUT2D eigenvalue weighted by Crippen LogP contribution is -2.58. The number of hydrogen-bond donors (Lipinski definition) is 8. The number of fused-ring (bicyclic) bond motifs is 1. The molecule has 1 aliphatic rings. The third kappa shape index (κ3) is 7.61. The maximum atomic E-state index is 13.7. The molecule has 0 radical (unpaired) electrons. The number of amides is 3. The Bertz CT molecular complexity index is 1600. The number of carbonyl (C=O) groups is 4. The van der Waals surface area contributed by atoms with Gasteiger partial charge >= 0.3 is 5.97 Å². The number of benzene rings is 2. The Morgan fingerprint density at radius 1 is 0.886 bits per heavy atom. The molecule has 3 amide bonds. The zero-order chi connectivity index (χ0) is 31.1. The molecule has 13 heteroatoms. The lowest BCUT2D eigenvalue weighted by atomic mass is 10.0. The fourth-order valence-corrected chi connectivity index (χ4v) is 5.35. The summed E-state index contributed by atoms with van der Waals surface area (Å²) in [6, 6.07) is 9.77. The van der Waals surface area contributed by atoms with Crippen molar-refractivity contribution in [3.8, 4) is 5.75 Å². The van der Waals surface area contributed by atoms with Crippen molar-refractivity contribution in [1.29, 1.82) is 0 Å². The van der Waals surface area contributed by atoms with Gasteiger partial charge in [-0.25, -0.2) is 9.78 Å². The minimum absolute atomic E-state index is 0.00105. The maximum absolute atomic E-state index is 13.7. The predicted molar refractivity (Wildman–Crippen MR) is 161 cm³/mol. The summed E-state index contributed by atoms with van der Waals surface area (Å²) in [7, 11) is 0. The van der Waals surface area contributed by atoms with E-state index in [0.717, 1.165) is 22.9 Å². The number of carbonyl (C=O) groups excluding carboxylic acids is 3. The van der Waals surface area contributed by atoms with Crippen LogP contribution in [0.1, 0.15) is 29.7 Å². The van der Waals surface area contributed by atoms with Gasteiger partial charge in [0.2, 0.25) is 17.7 Å². The van der Waals surface area contributed by atoms with E-state index in [-0.39, 0.29) is 30.9 Å². The Hall–Kier alpha value is -5.17. The second-order valence-corrected chi connectivity index (χ2v) is 10.9. The highest BCUT2D eigenvalue weighted by Crippen LogP contribution is 2.19. The van der Waals surface area contributed by atoms with Crippen molar-refractivity contribution >= 4 is 34.6 Å². The van der Waals surface area contributed by atoms with Crippen molar-refractivity contribution in [1.82, 2.24) is 36.2 Å². The number of rotatable bonds is 13. The number of aromatic nitrogens is 3. The minimum Gasteiger partial charge on any atom is -0.508 e. The number of para-hydroxylation sites is 1. The van der Waals surface area contributed by atoms with Crippen LogP contribution in [-0.4, -0.2) is 79.6 Å². The number of carboxylic acid groups (broad SMARTS) is 1. The number of phenolic OH excluding ortho intramolecular Hbond substituents is 1. The molecular weight excluding hydrogens is 566 g/mol. The van der Waals surface area contributed by atoms with E-state index in [0.29, 0.717) is 24.2 Å². The Labute approximate surface area is 252 Å². The first kappa shape index (κ1) is 30.3. The van der Waals surface area contributed by atoms with Gasteiger partial charge in [-0.1, -0.05) is 30.3 Å². The molecular formula is C31H35N7O6. The van der Waals surface area contributed by atoms with Gasteiger partial charge in [0.25, 0.3) is 0 Å². The summed E-state index contributed by atoms with van der Waals surface area (Å²) in [5.41, 5.74) is 2.79. The molecule has 1 fully saturated rings. The molecule has 0 aliphatic carbocycles. The molecule has 4 unspecified atom stereocenters. The molecule has 4 atom stereocenters. The molecule has 2 aromatic carbocycles. The molecule has 1 saturated heterocycles. The van der Waals surface area contributed by atoms with Gasteiger partial charge in [0.1, 0.15) is 23.9 Å². The van der Waals surface area contributed by atoms with Gasteiger partial charge in [0.15, 0.2) is 0 Å². The van der Waals surface area contributed by atoms with Crippen LogP contribution in [0.5, 0.6) is 5.75 Å².